The summed E-state index contributed by atoms with van der Waals surface area (Å²) in [6.07, 6.45) is 1.35. The lowest BCUT2D eigenvalue weighted by molar-refractivity contribution is -0.122. The van der Waals surface area contributed by atoms with Gasteiger partial charge in [-0.25, -0.2) is 0 Å². The smallest absolute Gasteiger partial charge is 0.217 e. The monoisotopic (exact) mass is 290 g/mol. The minimum absolute atomic E-state index is 0.0529. The van der Waals surface area contributed by atoms with E-state index in [4.69, 9.17) is 15.2 Å². The number of carbonyl (C=O) groups is 1. The van der Waals surface area contributed by atoms with Crippen LogP contribution in [0.4, 0.5) is 0 Å². The highest BCUT2D eigenvalue weighted by Crippen LogP contribution is 2.27. The number of ether oxygens (including phenoxy) is 2. The van der Waals surface area contributed by atoms with E-state index in [1.807, 2.05) is 30.3 Å². The van der Waals surface area contributed by atoms with Gasteiger partial charge in [-0.15, -0.1) is 0 Å². The van der Waals surface area contributed by atoms with Crippen molar-refractivity contribution in [1.82, 2.24) is 4.90 Å². The molecule has 114 valence electrons. The number of hydrogen-bond acceptors (Lipinski definition) is 4. The van der Waals surface area contributed by atoms with Crippen molar-refractivity contribution in [3.63, 3.8) is 0 Å². The summed E-state index contributed by atoms with van der Waals surface area (Å²) >= 11 is 0. The molecule has 0 unspecified atom stereocenters. The second-order valence-corrected chi connectivity index (χ2v) is 5.87. The Hall–Kier alpha value is -1.59. The number of rotatable bonds is 5. The van der Waals surface area contributed by atoms with Crippen LogP contribution < -0.4 is 10.5 Å². The van der Waals surface area contributed by atoms with Crippen LogP contribution in [0.5, 0.6) is 5.75 Å². The summed E-state index contributed by atoms with van der Waals surface area (Å²) in [6, 6.07) is 10.3. The van der Waals surface area contributed by atoms with Crippen LogP contribution >= 0.6 is 0 Å². The molecule has 1 aromatic rings. The van der Waals surface area contributed by atoms with E-state index in [0.29, 0.717) is 12.5 Å². The number of para-hydroxylation sites is 1. The molecule has 2 saturated heterocycles. The largest absolute Gasteiger partial charge is 0.490 e. The van der Waals surface area contributed by atoms with E-state index in [1.54, 1.807) is 0 Å². The molecule has 0 bridgehead atoms. The van der Waals surface area contributed by atoms with Gasteiger partial charge in [-0.1, -0.05) is 18.2 Å². The van der Waals surface area contributed by atoms with Crippen LogP contribution in [0.25, 0.3) is 0 Å². The summed E-state index contributed by atoms with van der Waals surface area (Å²) in [5, 5.41) is 0. The number of carbonyl (C=O) groups excluding carboxylic acids is 1. The molecule has 1 aromatic carbocycles. The zero-order chi connectivity index (χ0) is 14.7. The molecule has 0 aromatic heterocycles. The van der Waals surface area contributed by atoms with E-state index >= 15 is 0 Å². The summed E-state index contributed by atoms with van der Waals surface area (Å²) in [5.74, 6) is 0.753. The molecule has 2 N–H and O–H groups in total. The molecule has 3 rings (SSSR count). The molecule has 0 saturated carbocycles. The van der Waals surface area contributed by atoms with Crippen LogP contribution in [0.3, 0.4) is 0 Å². The maximum absolute atomic E-state index is 11.3. The lowest BCUT2D eigenvalue weighted by atomic mass is 9.90. The van der Waals surface area contributed by atoms with Crippen molar-refractivity contribution in [2.24, 2.45) is 11.7 Å². The standard InChI is InChI=1S/C16H22N2O3/c17-16(19)8-12-9-18(13-10-20-11-13)7-6-15(12)21-14-4-2-1-3-5-14/h1-5,12-13,15H,6-11H2,(H2,17,19)/t12-,15-/m0/s1. The molecule has 5 nitrogen and oxygen atoms in total. The zero-order valence-corrected chi connectivity index (χ0v) is 12.1. The van der Waals surface area contributed by atoms with Crippen molar-refractivity contribution in [2.45, 2.75) is 25.0 Å². The Morgan fingerprint density at radius 1 is 1.33 bits per heavy atom. The summed E-state index contributed by atoms with van der Waals surface area (Å²) in [7, 11) is 0. The third-order valence-electron chi connectivity index (χ3n) is 4.33. The number of amides is 1. The van der Waals surface area contributed by atoms with Gasteiger partial charge in [0.1, 0.15) is 11.9 Å². The Morgan fingerprint density at radius 2 is 2.10 bits per heavy atom. The molecule has 0 aliphatic carbocycles. The topological polar surface area (TPSA) is 64.8 Å². The minimum Gasteiger partial charge on any atom is -0.490 e. The van der Waals surface area contributed by atoms with Crippen molar-refractivity contribution in [3.05, 3.63) is 30.3 Å². The molecule has 2 fully saturated rings. The molecule has 2 heterocycles. The summed E-state index contributed by atoms with van der Waals surface area (Å²) in [5.41, 5.74) is 5.41. The van der Waals surface area contributed by atoms with Gasteiger partial charge in [0, 0.05) is 25.4 Å². The molecule has 2 aliphatic heterocycles. The SMILES string of the molecule is NC(=O)C[C@H]1CN(C2COC2)CC[C@@H]1Oc1ccccc1. The zero-order valence-electron chi connectivity index (χ0n) is 12.1. The molecular weight excluding hydrogens is 268 g/mol. The minimum atomic E-state index is -0.256. The average Bonchev–Trinajstić information content (AvgIpc) is 2.40. The number of piperidine rings is 1. The summed E-state index contributed by atoms with van der Waals surface area (Å²) < 4.78 is 11.3. The van der Waals surface area contributed by atoms with Crippen molar-refractivity contribution < 1.29 is 14.3 Å². The first-order chi connectivity index (χ1) is 10.2. The van der Waals surface area contributed by atoms with Gasteiger partial charge in [-0.2, -0.15) is 0 Å². The number of likely N-dealkylation sites (tertiary alicyclic amines) is 1. The molecule has 0 radical (unpaired) electrons. The summed E-state index contributed by atoms with van der Waals surface area (Å²) in [6.45, 7) is 3.44. The van der Waals surface area contributed by atoms with Crippen LogP contribution in [-0.2, 0) is 9.53 Å². The fourth-order valence-electron chi connectivity index (χ4n) is 3.09. The van der Waals surface area contributed by atoms with Crippen LogP contribution in [0.2, 0.25) is 0 Å². The predicted molar refractivity (Wildman–Crippen MR) is 79.0 cm³/mol. The van der Waals surface area contributed by atoms with E-state index in [1.165, 1.54) is 0 Å². The van der Waals surface area contributed by atoms with E-state index < -0.39 is 0 Å². The molecule has 0 spiro atoms. The van der Waals surface area contributed by atoms with E-state index in [2.05, 4.69) is 4.90 Å². The Balaban J connectivity index is 1.65. The first-order valence-electron chi connectivity index (χ1n) is 7.54. The van der Waals surface area contributed by atoms with Gasteiger partial charge >= 0.3 is 0 Å². The van der Waals surface area contributed by atoms with Crippen molar-refractivity contribution >= 4 is 5.91 Å². The van der Waals surface area contributed by atoms with Gasteiger partial charge in [0.25, 0.3) is 0 Å². The number of hydrogen-bond donors (Lipinski definition) is 1. The van der Waals surface area contributed by atoms with Gasteiger partial charge in [0.05, 0.1) is 19.3 Å². The van der Waals surface area contributed by atoms with Crippen molar-refractivity contribution in [1.29, 1.82) is 0 Å². The fraction of sp³-hybridized carbons (Fsp3) is 0.562. The average molecular weight is 290 g/mol. The highest BCUT2D eigenvalue weighted by Gasteiger charge is 2.36. The van der Waals surface area contributed by atoms with Gasteiger partial charge in [-0.3, -0.25) is 9.69 Å². The number of nitrogens with two attached hydrogens (primary N) is 1. The number of primary amides is 1. The van der Waals surface area contributed by atoms with Crippen LogP contribution in [0.15, 0.2) is 30.3 Å². The molecule has 21 heavy (non-hydrogen) atoms. The number of benzene rings is 1. The van der Waals surface area contributed by atoms with Crippen LogP contribution in [0.1, 0.15) is 12.8 Å². The first-order valence-corrected chi connectivity index (χ1v) is 7.54. The highest BCUT2D eigenvalue weighted by molar-refractivity contribution is 5.74. The molecule has 1 amide bonds. The van der Waals surface area contributed by atoms with Crippen LogP contribution in [-0.4, -0.2) is 49.3 Å². The Bertz CT molecular complexity index is 476. The third kappa shape index (κ3) is 3.54. The lowest BCUT2D eigenvalue weighted by Crippen LogP contribution is -2.56. The Labute approximate surface area is 125 Å². The maximum Gasteiger partial charge on any atom is 0.217 e. The van der Waals surface area contributed by atoms with Gasteiger partial charge < -0.3 is 15.2 Å². The third-order valence-corrected chi connectivity index (χ3v) is 4.33. The lowest BCUT2D eigenvalue weighted by Gasteiger charge is -2.44. The number of nitrogens with zero attached hydrogens (tertiary/aromatic N) is 1. The second-order valence-electron chi connectivity index (χ2n) is 5.87. The van der Waals surface area contributed by atoms with E-state index in [0.717, 1.165) is 38.5 Å². The normalized spacial score (nSPS) is 27.0. The highest BCUT2D eigenvalue weighted by atomic mass is 16.5. The van der Waals surface area contributed by atoms with E-state index in [-0.39, 0.29) is 17.9 Å². The molecule has 2 atom stereocenters. The molecule has 2 aliphatic rings. The van der Waals surface area contributed by atoms with Gasteiger partial charge in [0.15, 0.2) is 0 Å². The van der Waals surface area contributed by atoms with Crippen LogP contribution in [0, 0.1) is 5.92 Å². The quantitative estimate of drug-likeness (QED) is 0.879. The van der Waals surface area contributed by atoms with Crippen molar-refractivity contribution in [2.75, 3.05) is 26.3 Å². The maximum atomic E-state index is 11.3. The molecular formula is C16H22N2O3. The second kappa shape index (κ2) is 6.45. The first kappa shape index (κ1) is 14.4. The van der Waals surface area contributed by atoms with Gasteiger partial charge in [0.2, 0.25) is 5.91 Å². The van der Waals surface area contributed by atoms with E-state index in [9.17, 15) is 4.79 Å². The van der Waals surface area contributed by atoms with Gasteiger partial charge in [-0.05, 0) is 18.6 Å². The summed E-state index contributed by atoms with van der Waals surface area (Å²) in [4.78, 5) is 13.8. The fourth-order valence-corrected chi connectivity index (χ4v) is 3.09. The van der Waals surface area contributed by atoms with Crippen molar-refractivity contribution in [3.8, 4) is 5.75 Å². The molecule has 5 heteroatoms. The predicted octanol–water partition coefficient (Wildman–Crippen LogP) is 1.03. The Kier molecular flexibility index (Phi) is 4.41. The Morgan fingerprint density at radius 3 is 2.71 bits per heavy atom.